The molecule has 102 valence electrons. The highest BCUT2D eigenvalue weighted by atomic mass is 32.2. The topological polar surface area (TPSA) is 41.5 Å². The van der Waals surface area contributed by atoms with E-state index in [9.17, 15) is 5.11 Å². The van der Waals surface area contributed by atoms with Crippen molar-refractivity contribution in [1.29, 1.82) is 0 Å². The molecule has 3 nitrogen and oxygen atoms in total. The highest BCUT2D eigenvalue weighted by molar-refractivity contribution is 7.98. The molecule has 0 fully saturated rings. The van der Waals surface area contributed by atoms with Crippen molar-refractivity contribution in [3.05, 3.63) is 23.8 Å². The van der Waals surface area contributed by atoms with E-state index >= 15 is 0 Å². The Hall–Kier alpha value is -0.870. The first kappa shape index (κ1) is 15.2. The van der Waals surface area contributed by atoms with Crippen LogP contribution in [0.5, 0.6) is 11.5 Å². The molecule has 1 rings (SSSR count). The van der Waals surface area contributed by atoms with Gasteiger partial charge in [0.15, 0.2) is 0 Å². The van der Waals surface area contributed by atoms with E-state index in [-0.39, 0.29) is 11.8 Å². The molecule has 2 unspecified atom stereocenters. The maximum atomic E-state index is 9.94. The summed E-state index contributed by atoms with van der Waals surface area (Å²) in [7, 11) is 1.60. The minimum atomic E-state index is 0.139. The number of methoxy groups -OCH3 is 1. The van der Waals surface area contributed by atoms with Gasteiger partial charge in [0.1, 0.15) is 11.5 Å². The van der Waals surface area contributed by atoms with Gasteiger partial charge in [0.2, 0.25) is 0 Å². The number of benzene rings is 1. The Kier molecular flexibility index (Phi) is 6.36. The van der Waals surface area contributed by atoms with Crippen molar-refractivity contribution in [1.82, 2.24) is 5.32 Å². The number of phenols is 1. The zero-order valence-electron chi connectivity index (χ0n) is 11.6. The molecule has 18 heavy (non-hydrogen) atoms. The molecule has 0 aliphatic rings. The van der Waals surface area contributed by atoms with E-state index in [1.807, 2.05) is 23.9 Å². The number of hydrogen-bond acceptors (Lipinski definition) is 4. The molecule has 0 spiro atoms. The standard InChI is InChI=1S/C14H23NO2S/c1-10(9-18-4)8-15-11(2)13-6-5-12(17-3)7-14(13)16/h5-7,10-11,15-16H,8-9H2,1-4H3. The van der Waals surface area contributed by atoms with E-state index in [2.05, 4.69) is 25.4 Å². The van der Waals surface area contributed by atoms with E-state index in [0.29, 0.717) is 11.7 Å². The highest BCUT2D eigenvalue weighted by Crippen LogP contribution is 2.28. The van der Waals surface area contributed by atoms with E-state index in [1.165, 1.54) is 0 Å². The highest BCUT2D eigenvalue weighted by Gasteiger charge is 2.12. The molecule has 0 aliphatic heterocycles. The van der Waals surface area contributed by atoms with Crippen molar-refractivity contribution in [2.45, 2.75) is 19.9 Å². The summed E-state index contributed by atoms with van der Waals surface area (Å²) in [4.78, 5) is 0. The van der Waals surface area contributed by atoms with Crippen LogP contribution in [-0.2, 0) is 0 Å². The number of aromatic hydroxyl groups is 1. The summed E-state index contributed by atoms with van der Waals surface area (Å²) in [5.41, 5.74) is 0.909. The third-order valence-corrected chi connectivity index (χ3v) is 3.83. The smallest absolute Gasteiger partial charge is 0.124 e. The lowest BCUT2D eigenvalue weighted by molar-refractivity contribution is 0.403. The molecule has 2 atom stereocenters. The van der Waals surface area contributed by atoms with Gasteiger partial charge in [-0.3, -0.25) is 0 Å². The van der Waals surface area contributed by atoms with Crippen LogP contribution in [0.3, 0.4) is 0 Å². The van der Waals surface area contributed by atoms with Gasteiger partial charge in [0, 0.05) is 17.7 Å². The monoisotopic (exact) mass is 269 g/mol. The quantitative estimate of drug-likeness (QED) is 0.798. The van der Waals surface area contributed by atoms with E-state index < -0.39 is 0 Å². The van der Waals surface area contributed by atoms with Crippen LogP contribution in [0.2, 0.25) is 0 Å². The molecule has 1 aromatic carbocycles. The molecule has 0 aromatic heterocycles. The van der Waals surface area contributed by atoms with Crippen LogP contribution in [0.4, 0.5) is 0 Å². The van der Waals surface area contributed by atoms with Crippen molar-refractivity contribution in [2.75, 3.05) is 25.7 Å². The summed E-state index contributed by atoms with van der Waals surface area (Å²) in [6.45, 7) is 5.24. The number of nitrogens with one attached hydrogen (secondary N) is 1. The van der Waals surface area contributed by atoms with Gasteiger partial charge in [-0.15, -0.1) is 0 Å². The second kappa shape index (κ2) is 7.54. The predicted molar refractivity (Wildman–Crippen MR) is 78.6 cm³/mol. The van der Waals surface area contributed by atoms with Gasteiger partial charge in [-0.1, -0.05) is 13.0 Å². The minimum Gasteiger partial charge on any atom is -0.507 e. The maximum absolute atomic E-state index is 9.94. The molecule has 0 bridgehead atoms. The summed E-state index contributed by atoms with van der Waals surface area (Å²) in [5.74, 6) is 2.74. The Morgan fingerprint density at radius 2 is 2.11 bits per heavy atom. The van der Waals surface area contributed by atoms with Crippen molar-refractivity contribution in [3.63, 3.8) is 0 Å². The lowest BCUT2D eigenvalue weighted by atomic mass is 10.1. The van der Waals surface area contributed by atoms with Crippen LogP contribution in [-0.4, -0.2) is 30.8 Å². The Bertz CT molecular complexity index is 371. The molecule has 4 heteroatoms. The van der Waals surface area contributed by atoms with Gasteiger partial charge in [-0.2, -0.15) is 11.8 Å². The van der Waals surface area contributed by atoms with Crippen LogP contribution >= 0.6 is 11.8 Å². The largest absolute Gasteiger partial charge is 0.507 e. The summed E-state index contributed by atoms with van der Waals surface area (Å²) in [5, 5.41) is 13.4. The van der Waals surface area contributed by atoms with Crippen LogP contribution in [0.1, 0.15) is 25.5 Å². The van der Waals surface area contributed by atoms with Crippen LogP contribution in [0.25, 0.3) is 0 Å². The first-order chi connectivity index (χ1) is 8.58. The summed E-state index contributed by atoms with van der Waals surface area (Å²) >= 11 is 1.86. The fourth-order valence-electron chi connectivity index (χ4n) is 1.85. The zero-order chi connectivity index (χ0) is 13.5. The first-order valence-corrected chi connectivity index (χ1v) is 7.57. The third kappa shape index (κ3) is 4.42. The van der Waals surface area contributed by atoms with Crippen LogP contribution < -0.4 is 10.1 Å². The second-order valence-electron chi connectivity index (χ2n) is 4.62. The van der Waals surface area contributed by atoms with Crippen molar-refractivity contribution in [3.8, 4) is 11.5 Å². The fourth-order valence-corrected chi connectivity index (χ4v) is 2.53. The molecular weight excluding hydrogens is 246 g/mol. The average Bonchev–Trinajstić information content (AvgIpc) is 2.36. The predicted octanol–water partition coefficient (Wildman–Crippen LogP) is 3.05. The van der Waals surface area contributed by atoms with Gasteiger partial charge in [0.05, 0.1) is 7.11 Å². The summed E-state index contributed by atoms with van der Waals surface area (Å²) in [6.07, 6.45) is 2.12. The molecular formula is C14H23NO2S. The Balaban J connectivity index is 2.58. The van der Waals surface area contributed by atoms with Crippen molar-refractivity contribution in [2.24, 2.45) is 5.92 Å². The number of rotatable bonds is 7. The summed E-state index contributed by atoms with van der Waals surface area (Å²) < 4.78 is 5.08. The number of ether oxygens (including phenoxy) is 1. The molecule has 0 saturated carbocycles. The third-order valence-electron chi connectivity index (χ3n) is 2.93. The van der Waals surface area contributed by atoms with E-state index in [1.54, 1.807) is 13.2 Å². The van der Waals surface area contributed by atoms with E-state index in [4.69, 9.17) is 4.74 Å². The molecule has 0 amide bonds. The number of thioether (sulfide) groups is 1. The fraction of sp³-hybridized carbons (Fsp3) is 0.571. The minimum absolute atomic E-state index is 0.139. The number of phenolic OH excluding ortho intramolecular Hbond substituents is 1. The Morgan fingerprint density at radius 1 is 1.39 bits per heavy atom. The van der Waals surface area contributed by atoms with Crippen LogP contribution in [0.15, 0.2) is 18.2 Å². The van der Waals surface area contributed by atoms with Crippen molar-refractivity contribution >= 4 is 11.8 Å². The number of hydrogen-bond donors (Lipinski definition) is 2. The second-order valence-corrected chi connectivity index (χ2v) is 5.53. The summed E-state index contributed by atoms with van der Waals surface area (Å²) in [6, 6.07) is 5.57. The van der Waals surface area contributed by atoms with Crippen LogP contribution in [0, 0.1) is 5.92 Å². The molecule has 0 radical (unpaired) electrons. The Labute approximate surface area is 114 Å². The lowest BCUT2D eigenvalue weighted by Gasteiger charge is -2.18. The Morgan fingerprint density at radius 3 is 2.67 bits per heavy atom. The normalized spacial score (nSPS) is 14.2. The lowest BCUT2D eigenvalue weighted by Crippen LogP contribution is -2.25. The molecule has 2 N–H and O–H groups in total. The molecule has 0 heterocycles. The molecule has 1 aromatic rings. The van der Waals surface area contributed by atoms with Gasteiger partial charge in [-0.25, -0.2) is 0 Å². The van der Waals surface area contributed by atoms with Gasteiger partial charge in [-0.05, 0) is 37.5 Å². The molecule has 0 saturated heterocycles. The van der Waals surface area contributed by atoms with E-state index in [0.717, 1.165) is 17.9 Å². The average molecular weight is 269 g/mol. The van der Waals surface area contributed by atoms with Gasteiger partial charge in [0.25, 0.3) is 0 Å². The molecule has 0 aliphatic carbocycles. The zero-order valence-corrected chi connectivity index (χ0v) is 12.4. The first-order valence-electron chi connectivity index (χ1n) is 6.17. The van der Waals surface area contributed by atoms with Gasteiger partial charge < -0.3 is 15.2 Å². The maximum Gasteiger partial charge on any atom is 0.124 e. The van der Waals surface area contributed by atoms with Crippen molar-refractivity contribution < 1.29 is 9.84 Å². The SMILES string of the molecule is COc1ccc(C(C)NCC(C)CSC)c(O)c1. The van der Waals surface area contributed by atoms with Gasteiger partial charge >= 0.3 is 0 Å².